The number of halogens is 1. The van der Waals surface area contributed by atoms with Gasteiger partial charge in [-0.1, -0.05) is 19.1 Å². The first kappa shape index (κ1) is 11.5. The molecule has 1 aliphatic rings. The lowest BCUT2D eigenvalue weighted by molar-refractivity contribution is 0.0793. The van der Waals surface area contributed by atoms with Gasteiger partial charge >= 0.3 is 0 Å². The van der Waals surface area contributed by atoms with Crippen LogP contribution in [0.15, 0.2) is 24.3 Å². The first-order chi connectivity index (χ1) is 7.70. The van der Waals surface area contributed by atoms with Crippen LogP contribution in [0.2, 0.25) is 0 Å². The van der Waals surface area contributed by atoms with E-state index >= 15 is 0 Å². The fraction of sp³-hybridized carbons (Fsp3) is 0.462. The van der Waals surface area contributed by atoms with Crippen LogP contribution in [-0.2, 0) is 6.42 Å². The van der Waals surface area contributed by atoms with Crippen LogP contribution in [0.25, 0.3) is 0 Å². The van der Waals surface area contributed by atoms with E-state index in [0.29, 0.717) is 6.54 Å². The van der Waals surface area contributed by atoms with E-state index < -0.39 is 0 Å². The molecular formula is C13H16ClNO. The summed E-state index contributed by atoms with van der Waals surface area (Å²) in [5, 5.41) is 0.124. The molecule has 2 rings (SSSR count). The van der Waals surface area contributed by atoms with Crippen LogP contribution in [0.3, 0.4) is 0 Å². The molecule has 86 valence electrons. The molecule has 1 aromatic carbocycles. The van der Waals surface area contributed by atoms with Crippen molar-refractivity contribution in [3.8, 4) is 0 Å². The second-order valence-corrected chi connectivity index (χ2v) is 4.80. The summed E-state index contributed by atoms with van der Waals surface area (Å²) in [4.78, 5) is 13.9. The van der Waals surface area contributed by atoms with E-state index in [4.69, 9.17) is 11.6 Å². The summed E-state index contributed by atoms with van der Waals surface area (Å²) >= 11 is 5.99. The Bertz CT molecular complexity index is 374. The molecule has 0 radical (unpaired) electrons. The van der Waals surface area contributed by atoms with Gasteiger partial charge in [0.05, 0.1) is 5.38 Å². The molecule has 0 saturated carbocycles. The van der Waals surface area contributed by atoms with Crippen molar-refractivity contribution in [1.29, 1.82) is 0 Å². The van der Waals surface area contributed by atoms with Crippen molar-refractivity contribution in [3.63, 3.8) is 0 Å². The summed E-state index contributed by atoms with van der Waals surface area (Å²) in [5.41, 5.74) is 2.02. The van der Waals surface area contributed by atoms with Gasteiger partial charge in [-0.2, -0.15) is 0 Å². The van der Waals surface area contributed by atoms with Gasteiger partial charge in [-0.25, -0.2) is 0 Å². The Balaban J connectivity index is 2.08. The normalized spacial score (nSPS) is 20.1. The van der Waals surface area contributed by atoms with Crippen LogP contribution >= 0.6 is 11.6 Å². The maximum absolute atomic E-state index is 12.1. The van der Waals surface area contributed by atoms with Crippen LogP contribution in [0.5, 0.6) is 0 Å². The van der Waals surface area contributed by atoms with Crippen LogP contribution in [0.1, 0.15) is 29.3 Å². The van der Waals surface area contributed by atoms with Crippen LogP contribution in [0, 0.1) is 0 Å². The minimum absolute atomic E-state index is 0.103. The smallest absolute Gasteiger partial charge is 0.253 e. The topological polar surface area (TPSA) is 20.3 Å². The van der Waals surface area contributed by atoms with Crippen LogP contribution in [-0.4, -0.2) is 29.3 Å². The van der Waals surface area contributed by atoms with Crippen molar-refractivity contribution >= 4 is 17.5 Å². The molecule has 1 heterocycles. The average Bonchev–Trinajstić information content (AvgIpc) is 2.75. The highest BCUT2D eigenvalue weighted by Crippen LogP contribution is 2.17. The van der Waals surface area contributed by atoms with Gasteiger partial charge in [0.2, 0.25) is 0 Å². The Kier molecular flexibility index (Phi) is 3.49. The summed E-state index contributed by atoms with van der Waals surface area (Å²) < 4.78 is 0. The second-order valence-electron chi connectivity index (χ2n) is 4.19. The average molecular weight is 238 g/mol. The van der Waals surface area contributed by atoms with Gasteiger partial charge in [0.25, 0.3) is 5.91 Å². The van der Waals surface area contributed by atoms with E-state index in [0.717, 1.165) is 24.9 Å². The Labute approximate surface area is 101 Å². The molecule has 1 saturated heterocycles. The van der Waals surface area contributed by atoms with E-state index in [1.54, 1.807) is 0 Å². The molecule has 2 nitrogen and oxygen atoms in total. The third-order valence-electron chi connectivity index (χ3n) is 3.03. The first-order valence-electron chi connectivity index (χ1n) is 5.73. The van der Waals surface area contributed by atoms with Crippen molar-refractivity contribution in [2.24, 2.45) is 0 Å². The number of alkyl halides is 1. The maximum atomic E-state index is 12.1. The van der Waals surface area contributed by atoms with Gasteiger partial charge in [0.15, 0.2) is 0 Å². The zero-order valence-electron chi connectivity index (χ0n) is 9.45. The summed E-state index contributed by atoms with van der Waals surface area (Å²) in [6, 6.07) is 7.84. The predicted molar refractivity (Wildman–Crippen MR) is 66.0 cm³/mol. The summed E-state index contributed by atoms with van der Waals surface area (Å²) in [6.07, 6.45) is 1.91. The number of carbonyl (C=O) groups excluding carboxylic acids is 1. The van der Waals surface area contributed by atoms with Crippen LogP contribution < -0.4 is 0 Å². The molecule has 16 heavy (non-hydrogen) atoms. The van der Waals surface area contributed by atoms with E-state index in [1.807, 2.05) is 29.2 Å². The van der Waals surface area contributed by atoms with Gasteiger partial charge in [-0.05, 0) is 30.5 Å². The van der Waals surface area contributed by atoms with Gasteiger partial charge in [-0.3, -0.25) is 4.79 Å². The van der Waals surface area contributed by atoms with Crippen molar-refractivity contribution in [1.82, 2.24) is 4.90 Å². The standard InChI is InChI=1S/C13H16ClNO/c1-2-10-3-5-11(6-4-10)13(16)15-8-7-12(14)9-15/h3-6,12H,2,7-9H2,1H3. The Morgan fingerprint density at radius 3 is 2.62 bits per heavy atom. The highest BCUT2D eigenvalue weighted by molar-refractivity contribution is 6.21. The number of carbonyl (C=O) groups is 1. The second kappa shape index (κ2) is 4.88. The summed E-state index contributed by atoms with van der Waals surface area (Å²) in [6.45, 7) is 3.56. The number of benzene rings is 1. The van der Waals surface area contributed by atoms with Gasteiger partial charge in [0, 0.05) is 18.7 Å². The highest BCUT2D eigenvalue weighted by Gasteiger charge is 2.25. The molecule has 1 amide bonds. The van der Waals surface area contributed by atoms with E-state index in [9.17, 15) is 4.79 Å². The lowest BCUT2D eigenvalue weighted by Gasteiger charge is -2.15. The fourth-order valence-corrected chi connectivity index (χ4v) is 2.23. The predicted octanol–water partition coefficient (Wildman–Crippen LogP) is 2.70. The van der Waals surface area contributed by atoms with Crippen molar-refractivity contribution in [2.45, 2.75) is 25.1 Å². The van der Waals surface area contributed by atoms with Gasteiger partial charge in [-0.15, -0.1) is 11.6 Å². The number of nitrogens with zero attached hydrogens (tertiary/aromatic N) is 1. The van der Waals surface area contributed by atoms with Gasteiger partial charge < -0.3 is 4.90 Å². The number of amides is 1. The first-order valence-corrected chi connectivity index (χ1v) is 6.16. The number of likely N-dealkylation sites (tertiary alicyclic amines) is 1. The zero-order valence-corrected chi connectivity index (χ0v) is 10.2. The van der Waals surface area contributed by atoms with Crippen molar-refractivity contribution in [2.75, 3.05) is 13.1 Å². The van der Waals surface area contributed by atoms with Crippen LogP contribution in [0.4, 0.5) is 0 Å². The third kappa shape index (κ3) is 2.38. The molecule has 1 unspecified atom stereocenters. The number of rotatable bonds is 2. The van der Waals surface area contributed by atoms with E-state index in [-0.39, 0.29) is 11.3 Å². The molecule has 0 spiro atoms. The monoisotopic (exact) mass is 237 g/mol. The fourth-order valence-electron chi connectivity index (χ4n) is 1.97. The number of hydrogen-bond acceptors (Lipinski definition) is 1. The third-order valence-corrected chi connectivity index (χ3v) is 3.38. The Morgan fingerprint density at radius 2 is 2.12 bits per heavy atom. The number of hydrogen-bond donors (Lipinski definition) is 0. The molecule has 0 aliphatic carbocycles. The SMILES string of the molecule is CCc1ccc(C(=O)N2CCC(Cl)C2)cc1. The van der Waals surface area contributed by atoms with Crippen molar-refractivity contribution in [3.05, 3.63) is 35.4 Å². The molecule has 0 bridgehead atoms. The molecule has 1 aromatic rings. The van der Waals surface area contributed by atoms with E-state index in [1.165, 1.54) is 5.56 Å². The number of aryl methyl sites for hydroxylation is 1. The lowest BCUT2D eigenvalue weighted by Crippen LogP contribution is -2.28. The Hall–Kier alpha value is -1.02. The molecule has 3 heteroatoms. The van der Waals surface area contributed by atoms with Gasteiger partial charge in [0.1, 0.15) is 0 Å². The minimum Gasteiger partial charge on any atom is -0.337 e. The minimum atomic E-state index is 0.103. The Morgan fingerprint density at radius 1 is 1.44 bits per heavy atom. The molecule has 1 fully saturated rings. The largest absolute Gasteiger partial charge is 0.337 e. The summed E-state index contributed by atoms with van der Waals surface area (Å²) in [5.74, 6) is 0.103. The molecular weight excluding hydrogens is 222 g/mol. The zero-order chi connectivity index (χ0) is 11.5. The molecule has 1 atom stereocenters. The quantitative estimate of drug-likeness (QED) is 0.725. The molecule has 1 aliphatic heterocycles. The highest BCUT2D eigenvalue weighted by atomic mass is 35.5. The van der Waals surface area contributed by atoms with Crippen molar-refractivity contribution < 1.29 is 4.79 Å². The maximum Gasteiger partial charge on any atom is 0.253 e. The summed E-state index contributed by atoms with van der Waals surface area (Å²) in [7, 11) is 0. The van der Waals surface area contributed by atoms with E-state index in [2.05, 4.69) is 6.92 Å². The molecule has 0 aromatic heterocycles. The molecule has 0 N–H and O–H groups in total. The lowest BCUT2D eigenvalue weighted by atomic mass is 10.1.